The number of amides is 1. The first kappa shape index (κ1) is 16.5. The SMILES string of the molecule is CNc1cc(C(=O)N2CCC[C@H](O)[C@@H]2Cc2ccccc2)ccn1. The summed E-state index contributed by atoms with van der Waals surface area (Å²) >= 11 is 0. The van der Waals surface area contributed by atoms with Crippen molar-refractivity contribution in [3.05, 3.63) is 59.8 Å². The van der Waals surface area contributed by atoms with E-state index in [1.807, 2.05) is 35.2 Å². The minimum atomic E-state index is -0.492. The number of hydrogen-bond acceptors (Lipinski definition) is 4. The van der Waals surface area contributed by atoms with E-state index in [1.165, 1.54) is 0 Å². The maximum atomic E-state index is 13.0. The molecule has 5 nitrogen and oxygen atoms in total. The molecule has 3 rings (SSSR count). The minimum absolute atomic E-state index is 0.0476. The third kappa shape index (κ3) is 3.57. The lowest BCUT2D eigenvalue weighted by Crippen LogP contribution is -2.52. The van der Waals surface area contributed by atoms with Crippen LogP contribution in [0.2, 0.25) is 0 Å². The van der Waals surface area contributed by atoms with Crippen LogP contribution in [0.3, 0.4) is 0 Å². The molecule has 1 amide bonds. The van der Waals surface area contributed by atoms with Crippen molar-refractivity contribution in [1.82, 2.24) is 9.88 Å². The highest BCUT2D eigenvalue weighted by atomic mass is 16.3. The molecule has 1 aliphatic rings. The first-order chi connectivity index (χ1) is 11.7. The maximum Gasteiger partial charge on any atom is 0.254 e. The first-order valence-electron chi connectivity index (χ1n) is 8.36. The number of rotatable bonds is 4. The molecule has 1 saturated heterocycles. The molecule has 0 unspecified atom stereocenters. The number of anilines is 1. The summed E-state index contributed by atoms with van der Waals surface area (Å²) in [7, 11) is 1.78. The largest absolute Gasteiger partial charge is 0.391 e. The molecule has 2 atom stereocenters. The summed E-state index contributed by atoms with van der Waals surface area (Å²) in [6.07, 6.45) is 3.36. The number of benzene rings is 1. The topological polar surface area (TPSA) is 65.5 Å². The number of likely N-dealkylation sites (tertiary alicyclic amines) is 1. The fourth-order valence-corrected chi connectivity index (χ4v) is 3.26. The van der Waals surface area contributed by atoms with Crippen LogP contribution in [0.5, 0.6) is 0 Å². The van der Waals surface area contributed by atoms with Crippen LogP contribution in [0, 0.1) is 0 Å². The smallest absolute Gasteiger partial charge is 0.254 e. The molecule has 126 valence electrons. The zero-order valence-electron chi connectivity index (χ0n) is 13.9. The van der Waals surface area contributed by atoms with Crippen LogP contribution in [0.4, 0.5) is 5.82 Å². The number of aliphatic hydroxyl groups is 1. The molecule has 0 aliphatic carbocycles. The number of carbonyl (C=O) groups excluding carboxylic acids is 1. The van der Waals surface area contributed by atoms with Crippen molar-refractivity contribution in [2.24, 2.45) is 0 Å². The highest BCUT2D eigenvalue weighted by Crippen LogP contribution is 2.24. The molecule has 1 fully saturated rings. The van der Waals surface area contributed by atoms with Gasteiger partial charge in [-0.15, -0.1) is 0 Å². The Labute approximate surface area is 142 Å². The van der Waals surface area contributed by atoms with Gasteiger partial charge in [0.15, 0.2) is 0 Å². The van der Waals surface area contributed by atoms with E-state index in [0.29, 0.717) is 24.3 Å². The fraction of sp³-hybridized carbons (Fsp3) is 0.368. The molecule has 1 aliphatic heterocycles. The van der Waals surface area contributed by atoms with Gasteiger partial charge in [0.05, 0.1) is 12.1 Å². The van der Waals surface area contributed by atoms with Crippen molar-refractivity contribution >= 4 is 11.7 Å². The van der Waals surface area contributed by atoms with Gasteiger partial charge in [-0.05, 0) is 37.0 Å². The quantitative estimate of drug-likeness (QED) is 0.905. The van der Waals surface area contributed by atoms with Crippen molar-refractivity contribution in [2.75, 3.05) is 18.9 Å². The first-order valence-corrected chi connectivity index (χ1v) is 8.36. The number of carbonyl (C=O) groups is 1. The zero-order chi connectivity index (χ0) is 16.9. The Morgan fingerprint density at radius 1 is 1.33 bits per heavy atom. The molecule has 2 heterocycles. The van der Waals surface area contributed by atoms with Crippen LogP contribution >= 0.6 is 0 Å². The summed E-state index contributed by atoms with van der Waals surface area (Å²) in [5, 5.41) is 13.4. The third-order valence-electron chi connectivity index (χ3n) is 4.55. The molecule has 5 heteroatoms. The number of pyridine rings is 1. The van der Waals surface area contributed by atoms with E-state index in [9.17, 15) is 9.90 Å². The predicted molar refractivity (Wildman–Crippen MR) is 94.0 cm³/mol. The van der Waals surface area contributed by atoms with Crippen molar-refractivity contribution < 1.29 is 9.90 Å². The summed E-state index contributed by atoms with van der Waals surface area (Å²) < 4.78 is 0. The molecule has 0 radical (unpaired) electrons. The fourth-order valence-electron chi connectivity index (χ4n) is 3.26. The van der Waals surface area contributed by atoms with Crippen LogP contribution in [-0.4, -0.2) is 46.6 Å². The van der Waals surface area contributed by atoms with Gasteiger partial charge in [-0.1, -0.05) is 30.3 Å². The number of nitrogens with one attached hydrogen (secondary N) is 1. The normalized spacial score (nSPS) is 20.7. The van der Waals surface area contributed by atoms with Crippen LogP contribution in [0.25, 0.3) is 0 Å². The van der Waals surface area contributed by atoms with E-state index >= 15 is 0 Å². The summed E-state index contributed by atoms with van der Waals surface area (Å²) in [4.78, 5) is 18.9. The molecule has 2 aromatic rings. The van der Waals surface area contributed by atoms with Crippen molar-refractivity contribution in [1.29, 1.82) is 0 Å². The molecular weight excluding hydrogens is 302 g/mol. The molecular formula is C19H23N3O2. The van der Waals surface area contributed by atoms with Crippen molar-refractivity contribution in [3.63, 3.8) is 0 Å². The standard InChI is InChI=1S/C19H23N3O2/c1-20-18-13-15(9-10-21-18)19(24)22-11-5-8-17(23)16(22)12-14-6-3-2-4-7-14/h2-4,6-7,9-10,13,16-17,23H,5,8,11-12H2,1H3,(H,20,21)/t16-,17-/m0/s1. The zero-order valence-corrected chi connectivity index (χ0v) is 13.9. The summed E-state index contributed by atoms with van der Waals surface area (Å²) in [5.74, 6) is 0.617. The van der Waals surface area contributed by atoms with Crippen LogP contribution in [0.1, 0.15) is 28.8 Å². The Kier molecular flexibility index (Phi) is 5.11. The van der Waals surface area contributed by atoms with Gasteiger partial charge in [0, 0.05) is 25.4 Å². The lowest BCUT2D eigenvalue weighted by molar-refractivity contribution is 0.0118. The Hall–Kier alpha value is -2.40. The predicted octanol–water partition coefficient (Wildman–Crippen LogP) is 2.33. The van der Waals surface area contributed by atoms with Crippen molar-refractivity contribution in [3.8, 4) is 0 Å². The second-order valence-corrected chi connectivity index (χ2v) is 6.14. The van der Waals surface area contributed by atoms with Gasteiger partial charge in [-0.25, -0.2) is 4.98 Å². The molecule has 0 saturated carbocycles. The third-order valence-corrected chi connectivity index (χ3v) is 4.55. The van der Waals surface area contributed by atoms with E-state index in [-0.39, 0.29) is 11.9 Å². The van der Waals surface area contributed by atoms with Crippen molar-refractivity contribution in [2.45, 2.75) is 31.4 Å². The van der Waals surface area contributed by atoms with E-state index in [4.69, 9.17) is 0 Å². The Morgan fingerprint density at radius 2 is 2.12 bits per heavy atom. The average molecular weight is 325 g/mol. The van der Waals surface area contributed by atoms with E-state index < -0.39 is 6.10 Å². The minimum Gasteiger partial charge on any atom is -0.391 e. The van der Waals surface area contributed by atoms with Gasteiger partial charge >= 0.3 is 0 Å². The molecule has 0 spiro atoms. The van der Waals surface area contributed by atoms with Gasteiger partial charge in [-0.2, -0.15) is 0 Å². The average Bonchev–Trinajstić information content (AvgIpc) is 2.64. The van der Waals surface area contributed by atoms with Gasteiger partial charge in [-0.3, -0.25) is 4.79 Å². The van der Waals surface area contributed by atoms with Crippen LogP contribution in [0.15, 0.2) is 48.7 Å². The van der Waals surface area contributed by atoms with Crippen LogP contribution < -0.4 is 5.32 Å². The lowest BCUT2D eigenvalue weighted by atomic mass is 9.92. The van der Waals surface area contributed by atoms with Crippen LogP contribution in [-0.2, 0) is 6.42 Å². The maximum absolute atomic E-state index is 13.0. The summed E-state index contributed by atoms with van der Waals surface area (Å²) in [6, 6.07) is 13.3. The monoisotopic (exact) mass is 325 g/mol. The second kappa shape index (κ2) is 7.45. The lowest BCUT2D eigenvalue weighted by Gasteiger charge is -2.39. The molecule has 2 N–H and O–H groups in total. The number of nitrogens with zero attached hydrogens (tertiary/aromatic N) is 2. The van der Waals surface area contributed by atoms with Gasteiger partial charge in [0.1, 0.15) is 5.82 Å². The summed E-state index contributed by atoms with van der Waals surface area (Å²) in [5.41, 5.74) is 1.73. The van der Waals surface area contributed by atoms with E-state index in [0.717, 1.165) is 18.4 Å². The highest BCUT2D eigenvalue weighted by molar-refractivity contribution is 5.95. The van der Waals surface area contributed by atoms with Gasteiger partial charge in [0.2, 0.25) is 0 Å². The number of aromatic nitrogens is 1. The second-order valence-electron chi connectivity index (χ2n) is 6.14. The highest BCUT2D eigenvalue weighted by Gasteiger charge is 2.33. The Bertz CT molecular complexity index is 690. The molecule has 1 aromatic heterocycles. The van der Waals surface area contributed by atoms with E-state index in [2.05, 4.69) is 10.3 Å². The Morgan fingerprint density at radius 3 is 2.88 bits per heavy atom. The molecule has 24 heavy (non-hydrogen) atoms. The number of piperidine rings is 1. The van der Waals surface area contributed by atoms with Gasteiger partial charge < -0.3 is 15.3 Å². The van der Waals surface area contributed by atoms with E-state index in [1.54, 1.807) is 25.4 Å². The molecule has 1 aromatic carbocycles. The number of hydrogen-bond donors (Lipinski definition) is 2. The number of aliphatic hydroxyl groups excluding tert-OH is 1. The van der Waals surface area contributed by atoms with Gasteiger partial charge in [0.25, 0.3) is 5.91 Å². The summed E-state index contributed by atoms with van der Waals surface area (Å²) in [6.45, 7) is 0.671. The Balaban J connectivity index is 1.83. The molecule has 0 bridgehead atoms.